The molecular formula is C26H27FN4O4. The van der Waals surface area contributed by atoms with E-state index in [1.165, 1.54) is 12.1 Å². The predicted molar refractivity (Wildman–Crippen MR) is 128 cm³/mol. The minimum Gasteiger partial charge on any atom is -0.467 e. The quantitative estimate of drug-likeness (QED) is 0.425. The molecule has 3 aromatic heterocycles. The van der Waals surface area contributed by atoms with E-state index in [0.717, 1.165) is 17.1 Å². The molecule has 0 saturated heterocycles. The molecule has 0 saturated carbocycles. The molecule has 0 spiro atoms. The second kappa shape index (κ2) is 9.14. The number of benzene rings is 1. The van der Waals surface area contributed by atoms with Crippen molar-refractivity contribution in [3.05, 3.63) is 64.5 Å². The van der Waals surface area contributed by atoms with Crippen molar-refractivity contribution in [2.45, 2.75) is 46.8 Å². The second-order valence-electron chi connectivity index (χ2n) is 8.97. The fourth-order valence-corrected chi connectivity index (χ4v) is 4.46. The summed E-state index contributed by atoms with van der Waals surface area (Å²) in [4.78, 5) is 18.2. The Kier molecular flexibility index (Phi) is 6.02. The van der Waals surface area contributed by atoms with Gasteiger partial charge in [-0.1, -0.05) is 0 Å². The fourth-order valence-electron chi connectivity index (χ4n) is 4.46. The summed E-state index contributed by atoms with van der Waals surface area (Å²) in [5.74, 6) is 1.52. The molecule has 0 fully saturated rings. The minimum absolute atomic E-state index is 0.0708. The lowest BCUT2D eigenvalue weighted by atomic mass is 10.0. The minimum atomic E-state index is -0.355. The smallest absolute Gasteiger partial charge is 0.252 e. The molecule has 8 nitrogen and oxygen atoms in total. The maximum Gasteiger partial charge on any atom is 0.252 e. The largest absolute Gasteiger partial charge is 0.467 e. The highest BCUT2D eigenvalue weighted by Gasteiger charge is 2.21. The Balaban J connectivity index is 1.45. The molecule has 0 radical (unpaired) electrons. The zero-order chi connectivity index (χ0) is 24.7. The van der Waals surface area contributed by atoms with Crippen molar-refractivity contribution in [1.82, 2.24) is 20.1 Å². The van der Waals surface area contributed by atoms with E-state index in [0.29, 0.717) is 58.7 Å². The van der Waals surface area contributed by atoms with Crippen LogP contribution >= 0.6 is 0 Å². The maximum atomic E-state index is 14.1. The van der Waals surface area contributed by atoms with Crippen LogP contribution in [0.1, 0.15) is 52.9 Å². The lowest BCUT2D eigenvalue weighted by Crippen LogP contribution is -2.26. The molecule has 5 rings (SSSR count). The van der Waals surface area contributed by atoms with Crippen molar-refractivity contribution >= 4 is 16.9 Å². The highest BCUT2D eigenvalue weighted by molar-refractivity contribution is 6.06. The van der Waals surface area contributed by atoms with Gasteiger partial charge in [0.05, 0.1) is 29.4 Å². The normalized spacial score (nSPS) is 13.2. The molecule has 1 aliphatic rings. The number of carbonyl (C=O) groups is 1. The summed E-state index contributed by atoms with van der Waals surface area (Å²) in [6.07, 6.45) is 2.09. The van der Waals surface area contributed by atoms with Gasteiger partial charge in [-0.3, -0.25) is 4.79 Å². The van der Waals surface area contributed by atoms with Gasteiger partial charge in [-0.15, -0.1) is 0 Å². The first-order valence-electron chi connectivity index (χ1n) is 11.6. The topological polar surface area (TPSA) is 91.4 Å². The number of nitrogens with zero attached hydrogens (tertiary/aromatic N) is 3. The fraction of sp³-hybridized carbons (Fsp3) is 0.346. The number of nitrogens with one attached hydrogen (secondary N) is 1. The van der Waals surface area contributed by atoms with Crippen LogP contribution in [0, 0.1) is 19.7 Å². The van der Waals surface area contributed by atoms with Crippen LogP contribution in [0.3, 0.4) is 0 Å². The lowest BCUT2D eigenvalue weighted by molar-refractivity contribution is -0.0172. The van der Waals surface area contributed by atoms with Gasteiger partial charge >= 0.3 is 0 Å². The van der Waals surface area contributed by atoms with Gasteiger partial charge in [0.15, 0.2) is 12.4 Å². The number of pyridine rings is 1. The Morgan fingerprint density at radius 2 is 2.06 bits per heavy atom. The molecule has 0 bridgehead atoms. The summed E-state index contributed by atoms with van der Waals surface area (Å²) >= 11 is 0. The third-order valence-corrected chi connectivity index (χ3v) is 6.05. The Labute approximate surface area is 202 Å². The van der Waals surface area contributed by atoms with E-state index in [4.69, 9.17) is 18.9 Å². The molecule has 0 unspecified atom stereocenters. The first kappa shape index (κ1) is 23.0. The van der Waals surface area contributed by atoms with Crippen LogP contribution < -0.4 is 10.1 Å². The molecule has 4 aromatic rings. The maximum absolute atomic E-state index is 14.1. The van der Waals surface area contributed by atoms with Crippen molar-refractivity contribution in [2.75, 3.05) is 13.3 Å². The number of carbonyl (C=O) groups excluding carboxylic acids is 1. The van der Waals surface area contributed by atoms with Gasteiger partial charge in [-0.25, -0.2) is 14.1 Å². The molecule has 1 N–H and O–H groups in total. The van der Waals surface area contributed by atoms with Crippen LogP contribution in [0.2, 0.25) is 0 Å². The van der Waals surface area contributed by atoms with Gasteiger partial charge in [-0.2, -0.15) is 5.10 Å². The number of furan rings is 1. The van der Waals surface area contributed by atoms with Crippen molar-refractivity contribution in [3.8, 4) is 17.0 Å². The number of rotatable bonds is 6. The number of ether oxygens (including phenoxy) is 2. The first-order valence-corrected chi connectivity index (χ1v) is 11.6. The zero-order valence-corrected chi connectivity index (χ0v) is 20.1. The van der Waals surface area contributed by atoms with Gasteiger partial charge in [0.1, 0.15) is 23.1 Å². The van der Waals surface area contributed by atoms with Crippen LogP contribution in [0.5, 0.6) is 5.75 Å². The number of hydrogen-bond donors (Lipinski definition) is 1. The van der Waals surface area contributed by atoms with E-state index in [1.54, 1.807) is 16.9 Å². The van der Waals surface area contributed by atoms with Gasteiger partial charge < -0.3 is 19.2 Å². The summed E-state index contributed by atoms with van der Waals surface area (Å²) in [5.41, 5.74) is 3.95. The highest BCUT2D eigenvalue weighted by atomic mass is 19.1. The standard InChI is InChI=1S/C26H27FN4O4/c1-14(2)31-25-22(11-29-31)21(10-23(30-25)20-7-15(3)35-16(20)4)26(32)28-6-5-17-8-19(27)9-18-12-33-13-34-24(17)18/h7-11,14H,5-6,12-13H2,1-4H3,(H,28,32). The highest BCUT2D eigenvalue weighted by Crippen LogP contribution is 2.31. The van der Waals surface area contributed by atoms with Crippen LogP contribution in [0.25, 0.3) is 22.3 Å². The van der Waals surface area contributed by atoms with Crippen molar-refractivity contribution in [2.24, 2.45) is 0 Å². The van der Waals surface area contributed by atoms with Crippen molar-refractivity contribution in [1.29, 1.82) is 0 Å². The van der Waals surface area contributed by atoms with Gasteiger partial charge in [0, 0.05) is 23.7 Å². The molecule has 0 aliphatic carbocycles. The number of aryl methyl sites for hydroxylation is 2. The SMILES string of the molecule is Cc1cc(-c2cc(C(=O)NCCc3cc(F)cc4c3OCOC4)c3cnn(C(C)C)c3n2)c(C)o1. The third kappa shape index (κ3) is 4.39. The predicted octanol–water partition coefficient (Wildman–Crippen LogP) is 4.87. The number of amides is 1. The number of aromatic nitrogens is 3. The zero-order valence-electron chi connectivity index (χ0n) is 20.1. The molecule has 1 aliphatic heterocycles. The number of halogens is 1. The van der Waals surface area contributed by atoms with Gasteiger partial charge in [-0.05, 0) is 63.9 Å². The molecule has 1 amide bonds. The molecule has 1 aromatic carbocycles. The average Bonchev–Trinajstić information content (AvgIpc) is 3.40. The van der Waals surface area contributed by atoms with Crippen LogP contribution in [-0.4, -0.2) is 34.0 Å². The van der Waals surface area contributed by atoms with E-state index >= 15 is 0 Å². The average molecular weight is 479 g/mol. The summed E-state index contributed by atoms with van der Waals surface area (Å²) in [7, 11) is 0. The Hall–Kier alpha value is -3.72. The molecule has 4 heterocycles. The van der Waals surface area contributed by atoms with Crippen molar-refractivity contribution < 1.29 is 23.1 Å². The molecule has 182 valence electrons. The van der Waals surface area contributed by atoms with Crippen LogP contribution in [-0.2, 0) is 17.8 Å². The van der Waals surface area contributed by atoms with E-state index in [1.807, 2.05) is 33.8 Å². The second-order valence-corrected chi connectivity index (χ2v) is 8.97. The monoisotopic (exact) mass is 478 g/mol. The number of fused-ring (bicyclic) bond motifs is 2. The molecule has 0 atom stereocenters. The van der Waals surface area contributed by atoms with E-state index < -0.39 is 0 Å². The molecule has 35 heavy (non-hydrogen) atoms. The Bertz CT molecular complexity index is 1420. The lowest BCUT2D eigenvalue weighted by Gasteiger charge is -2.21. The molecular weight excluding hydrogens is 451 g/mol. The van der Waals surface area contributed by atoms with Gasteiger partial charge in [0.25, 0.3) is 5.91 Å². The summed E-state index contributed by atoms with van der Waals surface area (Å²) < 4.78 is 32.4. The number of hydrogen-bond acceptors (Lipinski definition) is 6. The van der Waals surface area contributed by atoms with Crippen LogP contribution in [0.15, 0.2) is 34.9 Å². The van der Waals surface area contributed by atoms with E-state index in [2.05, 4.69) is 10.4 Å². The van der Waals surface area contributed by atoms with E-state index in [9.17, 15) is 9.18 Å². The Morgan fingerprint density at radius 3 is 2.80 bits per heavy atom. The van der Waals surface area contributed by atoms with Crippen molar-refractivity contribution in [3.63, 3.8) is 0 Å². The van der Waals surface area contributed by atoms with Gasteiger partial charge in [0.2, 0.25) is 0 Å². The van der Waals surface area contributed by atoms with Crippen LogP contribution in [0.4, 0.5) is 4.39 Å². The first-order chi connectivity index (χ1) is 16.8. The summed E-state index contributed by atoms with van der Waals surface area (Å²) in [6.45, 7) is 8.52. The molecule has 9 heteroatoms. The Morgan fingerprint density at radius 1 is 1.23 bits per heavy atom. The third-order valence-electron chi connectivity index (χ3n) is 6.05. The summed E-state index contributed by atoms with van der Waals surface area (Å²) in [6, 6.07) is 6.61. The van der Waals surface area contributed by atoms with E-state index in [-0.39, 0.29) is 24.6 Å². The summed E-state index contributed by atoms with van der Waals surface area (Å²) in [5, 5.41) is 8.10.